The molecule has 7 nitrogen and oxygen atoms in total. The Morgan fingerprint density at radius 3 is 2.87 bits per heavy atom. The number of fused-ring (bicyclic) bond motifs is 1. The van der Waals surface area contributed by atoms with Gasteiger partial charge in [0.1, 0.15) is 5.75 Å². The average Bonchev–Trinajstić information content (AvgIpc) is 3.32. The van der Waals surface area contributed by atoms with Crippen LogP contribution in [0.15, 0.2) is 35.7 Å². The highest BCUT2D eigenvalue weighted by Crippen LogP contribution is 2.32. The van der Waals surface area contributed by atoms with Gasteiger partial charge in [-0.05, 0) is 38.5 Å². The highest BCUT2D eigenvalue weighted by Gasteiger charge is 2.25. The zero-order chi connectivity index (χ0) is 22.0. The predicted molar refractivity (Wildman–Crippen MR) is 123 cm³/mol. The lowest BCUT2D eigenvalue weighted by Gasteiger charge is -2.29. The van der Waals surface area contributed by atoms with Crippen molar-refractivity contribution in [3.05, 3.63) is 47.1 Å². The van der Waals surface area contributed by atoms with E-state index < -0.39 is 0 Å². The first-order valence-corrected chi connectivity index (χ1v) is 11.3. The molecule has 0 atom stereocenters. The molecule has 1 N–H and O–H groups in total. The number of nitrogens with zero attached hydrogens (tertiary/aromatic N) is 3. The molecule has 2 amide bonds. The number of benzene rings is 1. The van der Waals surface area contributed by atoms with Crippen LogP contribution < -0.4 is 15.0 Å². The predicted octanol–water partition coefficient (Wildman–Crippen LogP) is 4.39. The number of aryl methyl sites for hydroxylation is 1. The number of para-hydroxylation sites is 2. The summed E-state index contributed by atoms with van der Waals surface area (Å²) in [7, 11) is 0. The lowest BCUT2D eigenvalue weighted by Crippen LogP contribution is -2.40. The highest BCUT2D eigenvalue weighted by molar-refractivity contribution is 7.14. The van der Waals surface area contributed by atoms with E-state index in [1.54, 1.807) is 4.90 Å². The first-order valence-electron chi connectivity index (χ1n) is 10.4. The summed E-state index contributed by atoms with van der Waals surface area (Å²) in [5.74, 6) is 0.340. The third-order valence-corrected chi connectivity index (χ3v) is 6.18. The number of rotatable bonds is 7. The molecule has 3 aromatic rings. The van der Waals surface area contributed by atoms with Crippen LogP contribution in [-0.4, -0.2) is 34.5 Å². The number of nitrogens with one attached hydrogen (secondary N) is 1. The van der Waals surface area contributed by atoms with Gasteiger partial charge in [-0.15, -0.1) is 11.3 Å². The molecule has 1 aliphatic rings. The second kappa shape index (κ2) is 8.93. The summed E-state index contributed by atoms with van der Waals surface area (Å²) in [4.78, 5) is 31.0. The zero-order valence-corrected chi connectivity index (χ0v) is 18.8. The van der Waals surface area contributed by atoms with Crippen LogP contribution in [0.25, 0.3) is 11.3 Å². The van der Waals surface area contributed by atoms with Crippen molar-refractivity contribution in [3.63, 3.8) is 0 Å². The second-order valence-electron chi connectivity index (χ2n) is 7.57. The molecule has 3 heterocycles. The van der Waals surface area contributed by atoms with E-state index in [9.17, 15) is 9.59 Å². The molecule has 4 rings (SSSR count). The molecule has 31 heavy (non-hydrogen) atoms. The van der Waals surface area contributed by atoms with Gasteiger partial charge >= 0.3 is 0 Å². The van der Waals surface area contributed by atoms with Crippen molar-refractivity contribution in [2.45, 2.75) is 40.2 Å². The number of thiazole rings is 1. The van der Waals surface area contributed by atoms with Crippen LogP contribution in [0.4, 0.5) is 10.8 Å². The Balaban J connectivity index is 1.40. The Labute approximate surface area is 185 Å². The summed E-state index contributed by atoms with van der Waals surface area (Å²) < 4.78 is 7.74. The molecule has 0 fully saturated rings. The van der Waals surface area contributed by atoms with Crippen molar-refractivity contribution >= 4 is 34.0 Å². The van der Waals surface area contributed by atoms with Gasteiger partial charge in [0.25, 0.3) is 5.91 Å². The van der Waals surface area contributed by atoms with Gasteiger partial charge < -0.3 is 19.5 Å². The summed E-state index contributed by atoms with van der Waals surface area (Å²) >= 11 is 1.41. The topological polar surface area (TPSA) is 76.5 Å². The number of carbonyl (C=O) groups is 2. The standard InChI is InChI=1S/C23H26N4O3S/c1-4-10-26-15(2)12-17(16(26)3)18-14-31-23(24-18)25-21(28)9-11-27-19-7-5-6-8-20(19)30-13-22(27)29/h5-8,12,14H,4,9-11,13H2,1-3H3,(H,24,25,28). The second-order valence-corrected chi connectivity index (χ2v) is 8.43. The summed E-state index contributed by atoms with van der Waals surface area (Å²) in [6, 6.07) is 9.50. The van der Waals surface area contributed by atoms with Crippen molar-refractivity contribution in [2.75, 3.05) is 23.4 Å². The fourth-order valence-electron chi connectivity index (χ4n) is 3.88. The molecule has 0 spiro atoms. The number of ether oxygens (including phenoxy) is 1. The molecule has 0 saturated heterocycles. The SMILES string of the molecule is CCCn1c(C)cc(-c2csc(NC(=O)CCN3C(=O)COc4ccccc43)n2)c1C. The van der Waals surface area contributed by atoms with Crippen LogP contribution in [0, 0.1) is 13.8 Å². The number of carbonyl (C=O) groups excluding carboxylic acids is 2. The molecule has 0 bridgehead atoms. The van der Waals surface area contributed by atoms with E-state index in [2.05, 4.69) is 41.7 Å². The molecule has 0 aliphatic carbocycles. The third kappa shape index (κ3) is 4.34. The van der Waals surface area contributed by atoms with E-state index >= 15 is 0 Å². The van der Waals surface area contributed by atoms with Crippen LogP contribution in [0.5, 0.6) is 5.75 Å². The van der Waals surface area contributed by atoms with Gasteiger partial charge in [-0.3, -0.25) is 9.59 Å². The van der Waals surface area contributed by atoms with Gasteiger partial charge in [-0.25, -0.2) is 4.98 Å². The fourth-order valence-corrected chi connectivity index (χ4v) is 4.60. The van der Waals surface area contributed by atoms with E-state index in [1.165, 1.54) is 22.7 Å². The third-order valence-electron chi connectivity index (χ3n) is 5.42. The lowest BCUT2D eigenvalue weighted by molar-refractivity contribution is -0.121. The van der Waals surface area contributed by atoms with E-state index in [0.717, 1.165) is 24.2 Å². The maximum atomic E-state index is 12.5. The Kier molecular flexibility index (Phi) is 6.08. The summed E-state index contributed by atoms with van der Waals surface area (Å²) in [6.45, 7) is 7.64. The highest BCUT2D eigenvalue weighted by atomic mass is 32.1. The minimum Gasteiger partial charge on any atom is -0.482 e. The summed E-state index contributed by atoms with van der Waals surface area (Å²) in [5, 5.41) is 5.40. The van der Waals surface area contributed by atoms with E-state index in [-0.39, 0.29) is 24.8 Å². The molecule has 0 saturated carbocycles. The molecule has 0 radical (unpaired) electrons. The number of amides is 2. The van der Waals surface area contributed by atoms with Crippen LogP contribution in [0.1, 0.15) is 31.2 Å². The zero-order valence-electron chi connectivity index (χ0n) is 18.0. The van der Waals surface area contributed by atoms with Crippen molar-refractivity contribution in [2.24, 2.45) is 0 Å². The molecule has 1 aromatic carbocycles. The minimum absolute atomic E-state index is 0.00901. The minimum atomic E-state index is -0.172. The molecule has 8 heteroatoms. The number of anilines is 2. The maximum Gasteiger partial charge on any atom is 0.265 e. The van der Waals surface area contributed by atoms with Gasteiger partial charge in [0, 0.05) is 41.8 Å². The molecular formula is C23H26N4O3S. The number of hydrogen-bond donors (Lipinski definition) is 1. The first kappa shape index (κ1) is 21.1. The number of aromatic nitrogens is 2. The molecule has 162 valence electrons. The van der Waals surface area contributed by atoms with E-state index in [4.69, 9.17) is 4.74 Å². The van der Waals surface area contributed by atoms with E-state index in [1.807, 2.05) is 29.6 Å². The van der Waals surface area contributed by atoms with Gasteiger partial charge in [0.15, 0.2) is 11.7 Å². The van der Waals surface area contributed by atoms with Gasteiger partial charge in [-0.1, -0.05) is 19.1 Å². The maximum absolute atomic E-state index is 12.5. The van der Waals surface area contributed by atoms with Crippen LogP contribution in [0.3, 0.4) is 0 Å². The van der Waals surface area contributed by atoms with Gasteiger partial charge in [0.2, 0.25) is 5.91 Å². The molecule has 0 unspecified atom stereocenters. The van der Waals surface area contributed by atoms with Crippen molar-refractivity contribution in [1.82, 2.24) is 9.55 Å². The Bertz CT molecular complexity index is 1120. The number of hydrogen-bond acceptors (Lipinski definition) is 5. The average molecular weight is 439 g/mol. The van der Waals surface area contributed by atoms with E-state index in [0.29, 0.717) is 23.1 Å². The molecular weight excluding hydrogens is 412 g/mol. The monoisotopic (exact) mass is 438 g/mol. The Hall–Kier alpha value is -3.13. The van der Waals surface area contributed by atoms with Crippen LogP contribution >= 0.6 is 11.3 Å². The summed E-state index contributed by atoms with van der Waals surface area (Å²) in [5.41, 5.74) is 5.06. The first-order chi connectivity index (χ1) is 15.0. The van der Waals surface area contributed by atoms with Gasteiger partial charge in [-0.2, -0.15) is 0 Å². The fraction of sp³-hybridized carbons (Fsp3) is 0.348. The Morgan fingerprint density at radius 2 is 2.06 bits per heavy atom. The largest absolute Gasteiger partial charge is 0.482 e. The molecule has 2 aromatic heterocycles. The van der Waals surface area contributed by atoms with Gasteiger partial charge in [0.05, 0.1) is 11.4 Å². The smallest absolute Gasteiger partial charge is 0.265 e. The van der Waals surface area contributed by atoms with Crippen LogP contribution in [0.2, 0.25) is 0 Å². The van der Waals surface area contributed by atoms with Crippen LogP contribution in [-0.2, 0) is 16.1 Å². The van der Waals surface area contributed by atoms with Crippen molar-refractivity contribution < 1.29 is 14.3 Å². The van der Waals surface area contributed by atoms with Crippen molar-refractivity contribution in [3.8, 4) is 17.0 Å². The van der Waals surface area contributed by atoms with Crippen molar-refractivity contribution in [1.29, 1.82) is 0 Å². The summed E-state index contributed by atoms with van der Waals surface area (Å²) in [6.07, 6.45) is 1.25. The Morgan fingerprint density at radius 1 is 1.26 bits per heavy atom. The normalized spacial score (nSPS) is 13.1. The quantitative estimate of drug-likeness (QED) is 0.593. The molecule has 1 aliphatic heterocycles. The lowest BCUT2D eigenvalue weighted by atomic mass is 10.2.